The zero-order chi connectivity index (χ0) is 23.8. The van der Waals surface area contributed by atoms with Crippen molar-refractivity contribution in [1.29, 1.82) is 0 Å². The lowest BCUT2D eigenvalue weighted by molar-refractivity contribution is -0.0427. The van der Waals surface area contributed by atoms with Crippen molar-refractivity contribution in [2.45, 2.75) is 13.3 Å². The van der Waals surface area contributed by atoms with E-state index in [1.165, 1.54) is 0 Å². The number of carbonyl (C=O) groups is 1. The Hall–Kier alpha value is -3.88. The molecule has 2 N–H and O–H groups in total. The molecule has 3 aromatic carbocycles. The van der Waals surface area contributed by atoms with Gasteiger partial charge in [-0.05, 0) is 66.7 Å². The second-order valence-corrected chi connectivity index (χ2v) is 9.87. The highest BCUT2D eigenvalue weighted by Gasteiger charge is 2.49. The zero-order valence-corrected chi connectivity index (χ0v) is 19.8. The fourth-order valence-electron chi connectivity index (χ4n) is 5.46. The molecule has 3 heterocycles. The fraction of sp³-hybridized carbons (Fsp3) is 0.267. The van der Waals surface area contributed by atoms with E-state index in [0.717, 1.165) is 60.2 Å². The number of nitrogens with one attached hydrogen (secondary N) is 2. The number of rotatable bonds is 2. The van der Waals surface area contributed by atoms with Gasteiger partial charge in [0, 0.05) is 35.0 Å². The van der Waals surface area contributed by atoms with E-state index in [1.807, 2.05) is 59.5 Å². The van der Waals surface area contributed by atoms with Gasteiger partial charge in [0.05, 0.1) is 5.52 Å². The largest absolute Gasteiger partial charge is 0.337 e. The van der Waals surface area contributed by atoms with Crippen LogP contribution in [0.5, 0.6) is 0 Å². The van der Waals surface area contributed by atoms with Crippen molar-refractivity contribution in [2.24, 2.45) is 11.3 Å². The summed E-state index contributed by atoms with van der Waals surface area (Å²) in [6, 6.07) is 24.2. The van der Waals surface area contributed by atoms with Gasteiger partial charge in [0.15, 0.2) is 0 Å². The van der Waals surface area contributed by atoms with Crippen molar-refractivity contribution < 1.29 is 4.79 Å². The molecule has 174 valence electrons. The lowest BCUT2D eigenvalue weighted by Crippen LogP contribution is -2.64. The van der Waals surface area contributed by atoms with Crippen LogP contribution in [0, 0.1) is 23.2 Å². The molecule has 2 aliphatic rings. The molecule has 2 fully saturated rings. The summed E-state index contributed by atoms with van der Waals surface area (Å²) >= 11 is 0. The van der Waals surface area contributed by atoms with Crippen LogP contribution in [0.25, 0.3) is 22.0 Å². The minimum atomic E-state index is 0.0952. The number of amides is 1. The van der Waals surface area contributed by atoms with Crippen LogP contribution in [-0.4, -0.2) is 47.2 Å². The van der Waals surface area contributed by atoms with Gasteiger partial charge < -0.3 is 10.2 Å². The predicted octanol–water partition coefficient (Wildman–Crippen LogP) is 4.70. The average molecular weight is 461 g/mol. The molecular weight excluding hydrogens is 432 g/mol. The monoisotopic (exact) mass is 460 g/mol. The Balaban J connectivity index is 1.27. The fourth-order valence-corrected chi connectivity index (χ4v) is 5.46. The number of benzene rings is 3. The summed E-state index contributed by atoms with van der Waals surface area (Å²) in [5.74, 6) is 7.25. The Morgan fingerprint density at radius 2 is 1.83 bits per heavy atom. The highest BCUT2D eigenvalue weighted by molar-refractivity contribution is 5.99. The van der Waals surface area contributed by atoms with E-state index >= 15 is 0 Å². The highest BCUT2D eigenvalue weighted by Crippen LogP contribution is 2.43. The SMILES string of the molecule is C[C@H]1CNCCC12CN(C(=O)c1ccc3[nH]nc(C#Cc4ccccc4-c4ccccc4)c3c1)C2. The summed E-state index contributed by atoms with van der Waals surface area (Å²) < 4.78 is 0. The van der Waals surface area contributed by atoms with Gasteiger partial charge in [-0.2, -0.15) is 5.10 Å². The molecule has 4 aromatic rings. The van der Waals surface area contributed by atoms with Gasteiger partial charge in [-0.1, -0.05) is 61.4 Å². The third kappa shape index (κ3) is 3.90. The lowest BCUT2D eigenvalue weighted by Gasteiger charge is -2.55. The molecule has 5 heteroatoms. The minimum absolute atomic E-state index is 0.0952. The van der Waals surface area contributed by atoms with Crippen LogP contribution >= 0.6 is 0 Å². The molecule has 0 aliphatic carbocycles. The van der Waals surface area contributed by atoms with Crippen molar-refractivity contribution in [3.05, 3.63) is 89.6 Å². The highest BCUT2D eigenvalue weighted by atomic mass is 16.2. The standard InChI is InChI=1S/C30H28N4O/c1-21-18-31-16-15-30(21)19-34(20-30)29(35)24-12-14-28-26(17-24)27(32-33-28)13-11-23-9-5-6-10-25(23)22-7-3-2-4-8-22/h2-10,12,14,17,21,31H,15-16,18-20H2,1H3,(H,32,33)/t21-/m0/s1. The Bertz CT molecular complexity index is 1450. The number of aromatic nitrogens is 2. The Morgan fingerprint density at radius 1 is 1.03 bits per heavy atom. The summed E-state index contributed by atoms with van der Waals surface area (Å²) in [5, 5.41) is 11.8. The van der Waals surface area contributed by atoms with E-state index in [2.05, 4.69) is 52.5 Å². The molecule has 2 aliphatic heterocycles. The number of fused-ring (bicyclic) bond motifs is 1. The third-order valence-corrected chi connectivity index (χ3v) is 7.73. The van der Waals surface area contributed by atoms with Gasteiger partial charge in [-0.3, -0.25) is 9.89 Å². The summed E-state index contributed by atoms with van der Waals surface area (Å²) in [6.45, 7) is 6.08. The molecule has 0 bridgehead atoms. The summed E-state index contributed by atoms with van der Waals surface area (Å²) in [4.78, 5) is 15.3. The molecule has 1 amide bonds. The number of nitrogens with zero attached hydrogens (tertiary/aromatic N) is 2. The Labute approximate surface area is 205 Å². The normalized spacial score (nSPS) is 18.7. The second kappa shape index (κ2) is 8.72. The van der Waals surface area contributed by atoms with Crippen molar-refractivity contribution in [3.8, 4) is 23.0 Å². The van der Waals surface area contributed by atoms with Crippen LogP contribution in [0.3, 0.4) is 0 Å². The van der Waals surface area contributed by atoms with Crippen LogP contribution in [0.15, 0.2) is 72.8 Å². The second-order valence-electron chi connectivity index (χ2n) is 9.87. The Morgan fingerprint density at radius 3 is 2.66 bits per heavy atom. The number of likely N-dealkylation sites (tertiary alicyclic amines) is 1. The van der Waals surface area contributed by atoms with E-state index in [1.54, 1.807) is 0 Å². The summed E-state index contributed by atoms with van der Waals surface area (Å²) in [6.07, 6.45) is 1.14. The first-order valence-electron chi connectivity index (χ1n) is 12.3. The van der Waals surface area contributed by atoms with E-state index < -0.39 is 0 Å². The van der Waals surface area contributed by atoms with Crippen LogP contribution < -0.4 is 5.32 Å². The van der Waals surface area contributed by atoms with Crippen molar-refractivity contribution in [3.63, 3.8) is 0 Å². The zero-order valence-electron chi connectivity index (χ0n) is 19.8. The average Bonchev–Trinajstić information content (AvgIpc) is 3.29. The topological polar surface area (TPSA) is 61.0 Å². The smallest absolute Gasteiger partial charge is 0.253 e. The number of hydrogen-bond acceptors (Lipinski definition) is 3. The van der Waals surface area contributed by atoms with Gasteiger partial charge in [-0.15, -0.1) is 0 Å². The lowest BCUT2D eigenvalue weighted by atomic mass is 9.66. The molecule has 0 unspecified atom stereocenters. The molecule has 6 rings (SSSR count). The molecule has 35 heavy (non-hydrogen) atoms. The maximum atomic E-state index is 13.3. The van der Waals surface area contributed by atoms with Gasteiger partial charge in [-0.25, -0.2) is 0 Å². The third-order valence-electron chi connectivity index (χ3n) is 7.73. The van der Waals surface area contributed by atoms with Crippen molar-refractivity contribution in [2.75, 3.05) is 26.2 Å². The van der Waals surface area contributed by atoms with Crippen LogP contribution in [-0.2, 0) is 0 Å². The molecule has 2 saturated heterocycles. The molecule has 1 spiro atoms. The molecule has 1 atom stereocenters. The first-order valence-corrected chi connectivity index (χ1v) is 12.3. The van der Waals surface area contributed by atoms with Gasteiger partial charge in [0.2, 0.25) is 0 Å². The van der Waals surface area contributed by atoms with E-state index in [9.17, 15) is 4.79 Å². The maximum Gasteiger partial charge on any atom is 0.253 e. The van der Waals surface area contributed by atoms with E-state index in [4.69, 9.17) is 0 Å². The minimum Gasteiger partial charge on any atom is -0.337 e. The molecule has 0 radical (unpaired) electrons. The molecule has 5 nitrogen and oxygen atoms in total. The quantitative estimate of drug-likeness (QED) is 0.426. The van der Waals surface area contributed by atoms with Crippen molar-refractivity contribution in [1.82, 2.24) is 20.4 Å². The van der Waals surface area contributed by atoms with Crippen LogP contribution in [0.2, 0.25) is 0 Å². The number of piperidine rings is 1. The maximum absolute atomic E-state index is 13.3. The Kier molecular flexibility index (Phi) is 5.39. The predicted molar refractivity (Wildman–Crippen MR) is 139 cm³/mol. The van der Waals surface area contributed by atoms with E-state index in [-0.39, 0.29) is 11.3 Å². The number of H-pyrrole nitrogens is 1. The number of aromatic amines is 1. The summed E-state index contributed by atoms with van der Waals surface area (Å²) in [7, 11) is 0. The van der Waals surface area contributed by atoms with Crippen molar-refractivity contribution >= 4 is 16.8 Å². The van der Waals surface area contributed by atoms with Crippen LogP contribution in [0.1, 0.15) is 35.0 Å². The molecule has 0 saturated carbocycles. The van der Waals surface area contributed by atoms with Gasteiger partial charge in [0.1, 0.15) is 5.69 Å². The van der Waals surface area contributed by atoms with Crippen LogP contribution in [0.4, 0.5) is 0 Å². The summed E-state index contributed by atoms with van der Waals surface area (Å²) in [5.41, 5.74) is 5.69. The first-order chi connectivity index (χ1) is 17.1. The number of hydrogen-bond donors (Lipinski definition) is 2. The first kappa shape index (κ1) is 21.6. The van der Waals surface area contributed by atoms with Gasteiger partial charge >= 0.3 is 0 Å². The molecular formula is C30H28N4O. The van der Waals surface area contributed by atoms with Gasteiger partial charge in [0.25, 0.3) is 5.91 Å². The number of carbonyl (C=O) groups excluding carboxylic acids is 1. The molecule has 1 aromatic heterocycles. The van der Waals surface area contributed by atoms with E-state index in [0.29, 0.717) is 17.2 Å².